The molecule has 0 N–H and O–H groups in total. The molecule has 0 aromatic heterocycles. The molecule has 2 rings (SSSR count). The first-order valence-corrected chi connectivity index (χ1v) is 12.7. The van der Waals surface area contributed by atoms with Crippen LogP contribution in [0, 0.1) is 29.1 Å². The molecule has 2 aliphatic rings. The van der Waals surface area contributed by atoms with Gasteiger partial charge in [-0.2, -0.15) is 52.7 Å². The lowest BCUT2D eigenvalue weighted by Gasteiger charge is -2.57. The summed E-state index contributed by atoms with van der Waals surface area (Å²) in [5.41, 5.74) is -13.0. The van der Waals surface area contributed by atoms with Gasteiger partial charge in [0.25, 0.3) is 11.2 Å². The standard InChI is InChI=1S/C24H34F12O2/c1-5-9-37-19(21(25,26)27,22(28,29)30)13-15-11-14-12-18(15,17(8-4)16(14)7-3)20(23(31,32)33,24(34,35)36)38-10-6-2/h14-17H,5-13H2,1-4H3. The second-order valence-electron chi connectivity index (χ2n) is 10.4. The van der Waals surface area contributed by atoms with Crippen LogP contribution in [0.25, 0.3) is 0 Å². The predicted molar refractivity (Wildman–Crippen MR) is 113 cm³/mol. The van der Waals surface area contributed by atoms with Crippen LogP contribution in [0.5, 0.6) is 0 Å². The lowest BCUT2D eigenvalue weighted by atomic mass is 9.53. The van der Waals surface area contributed by atoms with Crippen molar-refractivity contribution in [2.45, 2.75) is 109 Å². The fourth-order valence-electron chi connectivity index (χ4n) is 7.47. The summed E-state index contributed by atoms with van der Waals surface area (Å²) < 4.78 is 183. The Kier molecular flexibility index (Phi) is 9.47. The van der Waals surface area contributed by atoms with Crippen molar-refractivity contribution < 1.29 is 62.2 Å². The monoisotopic (exact) mass is 582 g/mol. The van der Waals surface area contributed by atoms with Crippen molar-refractivity contribution >= 4 is 0 Å². The van der Waals surface area contributed by atoms with Gasteiger partial charge in [-0.15, -0.1) is 0 Å². The van der Waals surface area contributed by atoms with Crippen LogP contribution >= 0.6 is 0 Å². The molecular weight excluding hydrogens is 548 g/mol. The number of rotatable bonds is 11. The van der Waals surface area contributed by atoms with Crippen molar-refractivity contribution in [2.75, 3.05) is 13.2 Å². The minimum absolute atomic E-state index is 0.118. The van der Waals surface area contributed by atoms with E-state index in [-0.39, 0.29) is 25.7 Å². The normalized spacial score (nSPS) is 29.4. The molecule has 0 heterocycles. The van der Waals surface area contributed by atoms with Crippen LogP contribution in [0.3, 0.4) is 0 Å². The maximum absolute atomic E-state index is 14.8. The van der Waals surface area contributed by atoms with E-state index in [0.29, 0.717) is 0 Å². The highest BCUT2D eigenvalue weighted by Gasteiger charge is 2.87. The van der Waals surface area contributed by atoms with E-state index in [0.717, 1.165) is 0 Å². The Bertz CT molecular complexity index is 757. The minimum Gasteiger partial charge on any atom is -0.358 e. The number of hydrogen-bond acceptors (Lipinski definition) is 2. The van der Waals surface area contributed by atoms with E-state index < -0.39 is 97.5 Å². The van der Waals surface area contributed by atoms with E-state index in [1.807, 2.05) is 0 Å². The molecule has 0 aliphatic heterocycles. The van der Waals surface area contributed by atoms with Gasteiger partial charge in [-0.05, 0) is 55.8 Å². The third kappa shape index (κ3) is 4.81. The summed E-state index contributed by atoms with van der Waals surface area (Å²) in [6, 6.07) is 0. The Balaban J connectivity index is 2.95. The lowest BCUT2D eigenvalue weighted by molar-refractivity contribution is -0.432. The topological polar surface area (TPSA) is 18.5 Å². The van der Waals surface area contributed by atoms with E-state index in [1.165, 1.54) is 27.7 Å². The smallest absolute Gasteiger partial charge is 0.358 e. The van der Waals surface area contributed by atoms with Crippen LogP contribution in [-0.4, -0.2) is 49.1 Å². The van der Waals surface area contributed by atoms with Crippen LogP contribution in [0.2, 0.25) is 0 Å². The van der Waals surface area contributed by atoms with Gasteiger partial charge >= 0.3 is 24.7 Å². The molecule has 38 heavy (non-hydrogen) atoms. The highest BCUT2D eigenvalue weighted by molar-refractivity contribution is 5.23. The van der Waals surface area contributed by atoms with Crippen molar-refractivity contribution in [3.8, 4) is 0 Å². The average molecular weight is 583 g/mol. The van der Waals surface area contributed by atoms with Gasteiger partial charge in [0.15, 0.2) is 0 Å². The molecule has 14 heteroatoms. The molecule has 0 aromatic rings. The summed E-state index contributed by atoms with van der Waals surface area (Å²) in [5, 5.41) is 0. The minimum atomic E-state index is -6.17. The van der Waals surface area contributed by atoms with E-state index in [4.69, 9.17) is 0 Å². The quantitative estimate of drug-likeness (QED) is 0.226. The van der Waals surface area contributed by atoms with Crippen molar-refractivity contribution in [2.24, 2.45) is 29.1 Å². The Hall–Kier alpha value is -0.920. The molecule has 2 nitrogen and oxygen atoms in total. The largest absolute Gasteiger partial charge is 0.427 e. The molecule has 2 bridgehead atoms. The molecule has 2 aliphatic carbocycles. The zero-order valence-electron chi connectivity index (χ0n) is 21.5. The zero-order chi connectivity index (χ0) is 29.6. The fraction of sp³-hybridized carbons (Fsp3) is 1.00. The summed E-state index contributed by atoms with van der Waals surface area (Å²) in [4.78, 5) is 0. The van der Waals surface area contributed by atoms with Gasteiger partial charge in [0.05, 0.1) is 0 Å². The first-order chi connectivity index (χ1) is 17.2. The van der Waals surface area contributed by atoms with Crippen molar-refractivity contribution in [1.82, 2.24) is 0 Å². The first kappa shape index (κ1) is 33.3. The van der Waals surface area contributed by atoms with Crippen LogP contribution in [0.4, 0.5) is 52.7 Å². The highest BCUT2D eigenvalue weighted by Crippen LogP contribution is 2.76. The summed E-state index contributed by atoms with van der Waals surface area (Å²) in [6.45, 7) is 3.23. The summed E-state index contributed by atoms with van der Waals surface area (Å²) >= 11 is 0. The SMILES string of the molecule is CCCOC(CC1CC2CC1(C(OCCC)(C(F)(F)F)C(F)(F)F)C(CC)C2CC)(C(F)(F)F)C(F)(F)F. The molecule has 0 radical (unpaired) electrons. The van der Waals surface area contributed by atoms with Crippen LogP contribution in [0.15, 0.2) is 0 Å². The summed E-state index contributed by atoms with van der Waals surface area (Å²) in [7, 11) is 0. The number of fused-ring (bicyclic) bond motifs is 2. The molecule has 0 spiro atoms. The van der Waals surface area contributed by atoms with Gasteiger partial charge in [0, 0.05) is 18.6 Å². The van der Waals surface area contributed by atoms with Gasteiger partial charge < -0.3 is 9.47 Å². The molecule has 2 fully saturated rings. The number of halogens is 12. The van der Waals surface area contributed by atoms with Gasteiger partial charge in [-0.25, -0.2) is 0 Å². The first-order valence-electron chi connectivity index (χ1n) is 12.7. The number of ether oxygens (including phenoxy) is 2. The van der Waals surface area contributed by atoms with E-state index >= 15 is 0 Å². The van der Waals surface area contributed by atoms with Crippen molar-refractivity contribution in [1.29, 1.82) is 0 Å². The molecule has 5 unspecified atom stereocenters. The number of alkyl halides is 12. The number of hydrogen-bond donors (Lipinski definition) is 0. The second kappa shape index (κ2) is 10.8. The molecule has 226 valence electrons. The van der Waals surface area contributed by atoms with Gasteiger partial charge in [-0.3, -0.25) is 0 Å². The van der Waals surface area contributed by atoms with Crippen LogP contribution in [-0.2, 0) is 9.47 Å². The molecule has 2 saturated carbocycles. The maximum atomic E-state index is 14.8. The predicted octanol–water partition coefficient (Wildman–Crippen LogP) is 9.04. The molecule has 5 atom stereocenters. The zero-order valence-corrected chi connectivity index (χ0v) is 21.5. The van der Waals surface area contributed by atoms with Gasteiger partial charge in [-0.1, -0.05) is 40.5 Å². The van der Waals surface area contributed by atoms with Gasteiger partial charge in [0.1, 0.15) is 0 Å². The lowest BCUT2D eigenvalue weighted by Crippen LogP contribution is -2.72. The molecule has 0 saturated heterocycles. The fourth-order valence-corrected chi connectivity index (χ4v) is 7.47. The molecule has 0 amide bonds. The average Bonchev–Trinajstić information content (AvgIpc) is 3.26. The maximum Gasteiger partial charge on any atom is 0.427 e. The van der Waals surface area contributed by atoms with E-state index in [1.54, 1.807) is 0 Å². The summed E-state index contributed by atoms with van der Waals surface area (Å²) in [5.74, 6) is -5.47. The second-order valence-corrected chi connectivity index (χ2v) is 10.4. The van der Waals surface area contributed by atoms with E-state index in [9.17, 15) is 52.7 Å². The molecular formula is C24H34F12O2. The Morgan fingerprint density at radius 2 is 1.13 bits per heavy atom. The Morgan fingerprint density at radius 1 is 0.658 bits per heavy atom. The third-order valence-corrected chi connectivity index (χ3v) is 8.59. The van der Waals surface area contributed by atoms with Crippen LogP contribution < -0.4 is 0 Å². The van der Waals surface area contributed by atoms with Gasteiger partial charge in [0.2, 0.25) is 0 Å². The Labute approximate surface area is 213 Å². The van der Waals surface area contributed by atoms with Crippen molar-refractivity contribution in [3.05, 3.63) is 0 Å². The highest BCUT2D eigenvalue weighted by atomic mass is 19.4. The summed E-state index contributed by atoms with van der Waals surface area (Å²) in [6.07, 6.45) is -29.1. The van der Waals surface area contributed by atoms with Crippen molar-refractivity contribution in [3.63, 3.8) is 0 Å². The van der Waals surface area contributed by atoms with E-state index in [2.05, 4.69) is 9.47 Å². The molecule has 0 aromatic carbocycles. The third-order valence-electron chi connectivity index (χ3n) is 8.59. The Morgan fingerprint density at radius 3 is 1.50 bits per heavy atom. The van der Waals surface area contributed by atoms with Crippen LogP contribution in [0.1, 0.15) is 72.6 Å².